The van der Waals surface area contributed by atoms with Gasteiger partial charge >= 0.3 is 0 Å². The highest BCUT2D eigenvalue weighted by Crippen LogP contribution is 2.29. The Labute approximate surface area is 95.2 Å². The van der Waals surface area contributed by atoms with Crippen molar-refractivity contribution in [3.63, 3.8) is 0 Å². The third kappa shape index (κ3) is 3.64. The van der Waals surface area contributed by atoms with Crippen molar-refractivity contribution in [1.82, 2.24) is 0 Å². The maximum Gasteiger partial charge on any atom is 0.286 e. The second kappa shape index (κ2) is 5.89. The van der Waals surface area contributed by atoms with Crippen LogP contribution in [0.25, 0.3) is 0 Å². The highest BCUT2D eigenvalue weighted by molar-refractivity contribution is 4.87. The summed E-state index contributed by atoms with van der Waals surface area (Å²) in [5.74, 6) is -2.89. The Bertz CT molecular complexity index is 208. The van der Waals surface area contributed by atoms with Crippen LogP contribution in [0.5, 0.6) is 0 Å². The van der Waals surface area contributed by atoms with Gasteiger partial charge < -0.3 is 16.6 Å². The Hall–Kier alpha value is -0.260. The molecule has 0 aromatic heterocycles. The van der Waals surface area contributed by atoms with E-state index >= 15 is 0 Å². The van der Waals surface area contributed by atoms with E-state index in [1.54, 1.807) is 0 Å². The first-order valence-corrected chi connectivity index (χ1v) is 5.99. The van der Waals surface area contributed by atoms with Gasteiger partial charge in [0.05, 0.1) is 6.54 Å². The van der Waals surface area contributed by atoms with Crippen LogP contribution >= 0.6 is 0 Å². The minimum Gasteiger partial charge on any atom is -0.385 e. The quantitative estimate of drug-likeness (QED) is 0.672. The largest absolute Gasteiger partial charge is 0.385 e. The minimum atomic E-state index is -3.27. The highest BCUT2D eigenvalue weighted by atomic mass is 19.3. The van der Waals surface area contributed by atoms with Gasteiger partial charge in [0.25, 0.3) is 5.92 Å². The first-order valence-electron chi connectivity index (χ1n) is 5.99. The summed E-state index contributed by atoms with van der Waals surface area (Å²) in [6, 6.07) is -0.873. The standard InChI is InChI=1S/C11H22F2N2O/c12-11(13,7-14)10(16)9(15)6-8-4-2-1-3-5-8/h8-10,16H,1-7,14-15H2. The van der Waals surface area contributed by atoms with E-state index in [1.165, 1.54) is 6.42 Å². The summed E-state index contributed by atoms with van der Waals surface area (Å²) in [6.07, 6.45) is 4.22. The maximum atomic E-state index is 13.1. The monoisotopic (exact) mass is 236 g/mol. The third-order valence-corrected chi connectivity index (χ3v) is 3.44. The second-order valence-corrected chi connectivity index (χ2v) is 4.81. The molecule has 0 aliphatic heterocycles. The lowest BCUT2D eigenvalue weighted by atomic mass is 9.83. The van der Waals surface area contributed by atoms with E-state index in [0.717, 1.165) is 25.7 Å². The molecule has 1 aliphatic carbocycles. The van der Waals surface area contributed by atoms with Crippen molar-refractivity contribution in [3.8, 4) is 0 Å². The second-order valence-electron chi connectivity index (χ2n) is 4.81. The van der Waals surface area contributed by atoms with Crippen LogP contribution in [0.1, 0.15) is 38.5 Å². The molecule has 0 bridgehead atoms. The molecule has 0 heterocycles. The number of hydrogen-bond donors (Lipinski definition) is 3. The summed E-state index contributed by atoms with van der Waals surface area (Å²) in [5.41, 5.74) is 10.5. The van der Waals surface area contributed by atoms with E-state index in [-0.39, 0.29) is 0 Å². The molecule has 1 saturated carbocycles. The average molecular weight is 236 g/mol. The number of rotatable bonds is 5. The van der Waals surface area contributed by atoms with Crippen molar-refractivity contribution >= 4 is 0 Å². The predicted molar refractivity (Wildman–Crippen MR) is 59.2 cm³/mol. The lowest BCUT2D eigenvalue weighted by Crippen LogP contribution is -2.51. The van der Waals surface area contributed by atoms with E-state index < -0.39 is 24.6 Å². The molecular weight excluding hydrogens is 214 g/mol. The molecule has 5 N–H and O–H groups in total. The van der Waals surface area contributed by atoms with Crippen molar-refractivity contribution in [2.75, 3.05) is 6.54 Å². The third-order valence-electron chi connectivity index (χ3n) is 3.44. The molecule has 16 heavy (non-hydrogen) atoms. The number of aliphatic hydroxyl groups is 1. The highest BCUT2D eigenvalue weighted by Gasteiger charge is 2.41. The Balaban J connectivity index is 2.41. The lowest BCUT2D eigenvalue weighted by Gasteiger charge is -2.30. The first kappa shape index (κ1) is 13.8. The van der Waals surface area contributed by atoms with E-state index in [4.69, 9.17) is 11.5 Å². The summed E-state index contributed by atoms with van der Waals surface area (Å²) in [7, 11) is 0. The van der Waals surface area contributed by atoms with Gasteiger partial charge in [0.1, 0.15) is 6.10 Å². The van der Waals surface area contributed by atoms with E-state index in [2.05, 4.69) is 0 Å². The van der Waals surface area contributed by atoms with E-state index in [1.807, 2.05) is 0 Å². The van der Waals surface area contributed by atoms with Gasteiger partial charge in [-0.2, -0.15) is 0 Å². The number of alkyl halides is 2. The Morgan fingerprint density at radius 1 is 1.25 bits per heavy atom. The van der Waals surface area contributed by atoms with Crippen molar-refractivity contribution in [2.45, 2.75) is 56.6 Å². The fourth-order valence-electron chi connectivity index (χ4n) is 2.37. The van der Waals surface area contributed by atoms with Crippen molar-refractivity contribution in [1.29, 1.82) is 0 Å². The molecular formula is C11H22F2N2O. The van der Waals surface area contributed by atoms with Gasteiger partial charge in [-0.25, -0.2) is 8.78 Å². The summed E-state index contributed by atoms with van der Waals surface area (Å²) in [4.78, 5) is 0. The topological polar surface area (TPSA) is 72.3 Å². The Kier molecular flexibility index (Phi) is 5.08. The average Bonchev–Trinajstić information content (AvgIpc) is 2.29. The molecule has 3 nitrogen and oxygen atoms in total. The van der Waals surface area contributed by atoms with Gasteiger partial charge in [-0.3, -0.25) is 0 Å². The normalized spacial score (nSPS) is 23.1. The molecule has 2 unspecified atom stereocenters. The van der Waals surface area contributed by atoms with Crippen molar-refractivity contribution < 1.29 is 13.9 Å². The van der Waals surface area contributed by atoms with E-state index in [0.29, 0.717) is 12.3 Å². The van der Waals surface area contributed by atoms with Crippen LogP contribution in [0.2, 0.25) is 0 Å². The van der Waals surface area contributed by atoms with Crippen LogP contribution in [-0.4, -0.2) is 29.7 Å². The van der Waals surface area contributed by atoms with Crippen LogP contribution in [0, 0.1) is 5.92 Å². The number of aliphatic hydroxyl groups excluding tert-OH is 1. The van der Waals surface area contributed by atoms with Crippen LogP contribution < -0.4 is 11.5 Å². The van der Waals surface area contributed by atoms with Gasteiger partial charge in [0.15, 0.2) is 0 Å². The first-order chi connectivity index (χ1) is 7.47. The van der Waals surface area contributed by atoms with E-state index in [9.17, 15) is 13.9 Å². The van der Waals surface area contributed by atoms with Crippen LogP contribution in [0.3, 0.4) is 0 Å². The van der Waals surface area contributed by atoms with Crippen molar-refractivity contribution in [3.05, 3.63) is 0 Å². The molecule has 1 aliphatic rings. The summed E-state index contributed by atoms with van der Waals surface area (Å²) in [5, 5.41) is 9.42. The van der Waals surface area contributed by atoms with Gasteiger partial charge in [-0.1, -0.05) is 32.1 Å². The Morgan fingerprint density at radius 2 is 1.81 bits per heavy atom. The smallest absolute Gasteiger partial charge is 0.286 e. The SMILES string of the molecule is NCC(F)(F)C(O)C(N)CC1CCCCC1. The summed E-state index contributed by atoms with van der Waals surface area (Å²) >= 11 is 0. The van der Waals surface area contributed by atoms with Crippen LogP contribution in [0.15, 0.2) is 0 Å². The fraction of sp³-hybridized carbons (Fsp3) is 1.00. The molecule has 0 radical (unpaired) electrons. The summed E-state index contributed by atoms with van der Waals surface area (Å²) in [6.45, 7) is -0.855. The van der Waals surface area contributed by atoms with Gasteiger partial charge in [0, 0.05) is 6.04 Å². The summed E-state index contributed by atoms with van der Waals surface area (Å²) < 4.78 is 26.2. The fourth-order valence-corrected chi connectivity index (χ4v) is 2.37. The van der Waals surface area contributed by atoms with Crippen LogP contribution in [0.4, 0.5) is 8.78 Å². The lowest BCUT2D eigenvalue weighted by molar-refractivity contribution is -0.112. The van der Waals surface area contributed by atoms with Gasteiger partial charge in [-0.05, 0) is 12.3 Å². The molecule has 0 aromatic carbocycles. The molecule has 96 valence electrons. The zero-order valence-electron chi connectivity index (χ0n) is 9.54. The molecule has 5 heteroatoms. The molecule has 0 saturated heterocycles. The van der Waals surface area contributed by atoms with Gasteiger partial charge in [0.2, 0.25) is 0 Å². The predicted octanol–water partition coefficient (Wildman–Crippen LogP) is 1.24. The molecule has 2 atom stereocenters. The molecule has 0 aromatic rings. The zero-order chi connectivity index (χ0) is 12.2. The molecule has 0 spiro atoms. The molecule has 1 rings (SSSR count). The van der Waals surface area contributed by atoms with Crippen molar-refractivity contribution in [2.24, 2.45) is 17.4 Å². The number of nitrogens with two attached hydrogens (primary N) is 2. The van der Waals surface area contributed by atoms with Gasteiger partial charge in [-0.15, -0.1) is 0 Å². The Morgan fingerprint density at radius 3 is 2.31 bits per heavy atom. The maximum absolute atomic E-state index is 13.1. The zero-order valence-corrected chi connectivity index (χ0v) is 9.54. The molecule has 0 amide bonds. The molecule has 1 fully saturated rings. The minimum absolute atomic E-state index is 0.381. The number of halogens is 2. The number of hydrogen-bond acceptors (Lipinski definition) is 3. The van der Waals surface area contributed by atoms with Crippen LogP contribution in [-0.2, 0) is 0 Å².